The van der Waals surface area contributed by atoms with Crippen molar-refractivity contribution in [3.8, 4) is 0 Å². The van der Waals surface area contributed by atoms with Crippen LogP contribution in [-0.4, -0.2) is 31.6 Å². The Labute approximate surface area is 119 Å². The molecule has 1 aliphatic carbocycles. The molecule has 1 aromatic carbocycles. The minimum absolute atomic E-state index is 0.0512. The van der Waals surface area contributed by atoms with Crippen LogP contribution in [0.25, 0.3) is 0 Å². The highest BCUT2D eigenvalue weighted by Gasteiger charge is 2.41. The highest BCUT2D eigenvalue weighted by molar-refractivity contribution is 7.89. The van der Waals surface area contributed by atoms with E-state index in [0.717, 1.165) is 12.8 Å². The quantitative estimate of drug-likeness (QED) is 0.804. The molecule has 2 atom stereocenters. The fourth-order valence-electron chi connectivity index (χ4n) is 3.40. The summed E-state index contributed by atoms with van der Waals surface area (Å²) in [7, 11) is -3.40. The van der Waals surface area contributed by atoms with Crippen LogP contribution in [0.1, 0.15) is 36.5 Å². The molecule has 2 aliphatic rings. The van der Waals surface area contributed by atoms with Gasteiger partial charge in [-0.15, -0.1) is 0 Å². The van der Waals surface area contributed by atoms with Crippen LogP contribution < -0.4 is 0 Å². The number of Topliss-reactive ketones (excluding diaryl/α,β-unsaturated/α-hetero) is 1. The van der Waals surface area contributed by atoms with Gasteiger partial charge in [-0.3, -0.25) is 4.79 Å². The maximum atomic E-state index is 12.6. The largest absolute Gasteiger partial charge is 0.295 e. The zero-order valence-electron chi connectivity index (χ0n) is 11.6. The third kappa shape index (κ3) is 2.29. The fraction of sp³-hybridized carbons (Fsp3) is 0.533. The molecule has 5 heteroatoms. The first kappa shape index (κ1) is 13.8. The Morgan fingerprint density at radius 3 is 2.15 bits per heavy atom. The molecule has 1 aliphatic heterocycles. The van der Waals surface area contributed by atoms with Crippen molar-refractivity contribution < 1.29 is 13.2 Å². The van der Waals surface area contributed by atoms with Crippen molar-refractivity contribution >= 4 is 15.8 Å². The molecule has 20 heavy (non-hydrogen) atoms. The van der Waals surface area contributed by atoms with Gasteiger partial charge in [-0.2, -0.15) is 4.31 Å². The molecule has 0 bridgehead atoms. The van der Waals surface area contributed by atoms with Crippen molar-refractivity contribution in [3.05, 3.63) is 29.8 Å². The van der Waals surface area contributed by atoms with Crippen LogP contribution in [0.2, 0.25) is 0 Å². The zero-order valence-corrected chi connectivity index (χ0v) is 12.4. The molecule has 2 fully saturated rings. The van der Waals surface area contributed by atoms with Crippen LogP contribution in [-0.2, 0) is 10.0 Å². The number of hydrogen-bond donors (Lipinski definition) is 0. The lowest BCUT2D eigenvalue weighted by Gasteiger charge is -2.17. The Bertz CT molecular complexity index is 609. The van der Waals surface area contributed by atoms with Crippen molar-refractivity contribution in [2.24, 2.45) is 11.8 Å². The average Bonchev–Trinajstić information content (AvgIpc) is 2.99. The number of fused-ring (bicyclic) bond motifs is 1. The van der Waals surface area contributed by atoms with E-state index in [9.17, 15) is 13.2 Å². The molecule has 0 aromatic heterocycles. The monoisotopic (exact) mass is 293 g/mol. The number of sulfonamides is 1. The number of carbonyl (C=O) groups is 1. The maximum absolute atomic E-state index is 12.6. The standard InChI is InChI=1S/C15H19NO3S/c1-11(17)12-5-7-15(8-6-12)20(18,19)16-9-13-3-2-4-14(13)10-16/h5-8,13-14H,2-4,9-10H2,1H3. The van der Waals surface area contributed by atoms with E-state index in [1.54, 1.807) is 28.6 Å². The summed E-state index contributed by atoms with van der Waals surface area (Å²) in [5, 5.41) is 0. The smallest absolute Gasteiger partial charge is 0.243 e. The minimum atomic E-state index is -3.40. The number of hydrogen-bond acceptors (Lipinski definition) is 3. The maximum Gasteiger partial charge on any atom is 0.243 e. The summed E-state index contributed by atoms with van der Waals surface area (Å²) in [6, 6.07) is 6.26. The second kappa shape index (κ2) is 4.97. The first-order valence-electron chi connectivity index (χ1n) is 7.09. The Morgan fingerprint density at radius 1 is 1.10 bits per heavy atom. The van der Waals surface area contributed by atoms with Gasteiger partial charge >= 0.3 is 0 Å². The summed E-state index contributed by atoms with van der Waals surface area (Å²) < 4.78 is 26.8. The lowest BCUT2D eigenvalue weighted by molar-refractivity contribution is 0.101. The zero-order chi connectivity index (χ0) is 14.3. The van der Waals surface area contributed by atoms with Crippen molar-refractivity contribution in [2.45, 2.75) is 31.1 Å². The van der Waals surface area contributed by atoms with Gasteiger partial charge in [0.15, 0.2) is 5.78 Å². The van der Waals surface area contributed by atoms with Crippen LogP contribution in [0.3, 0.4) is 0 Å². The topological polar surface area (TPSA) is 54.5 Å². The summed E-state index contributed by atoms with van der Waals surface area (Å²) in [6.45, 7) is 2.79. The van der Waals surface area contributed by atoms with E-state index < -0.39 is 10.0 Å². The number of ketones is 1. The Morgan fingerprint density at radius 2 is 1.65 bits per heavy atom. The molecule has 0 N–H and O–H groups in total. The van der Waals surface area contributed by atoms with Crippen LogP contribution in [0, 0.1) is 11.8 Å². The minimum Gasteiger partial charge on any atom is -0.295 e. The first-order valence-corrected chi connectivity index (χ1v) is 8.53. The van der Waals surface area contributed by atoms with Crippen LogP contribution in [0.15, 0.2) is 29.2 Å². The molecule has 1 aromatic rings. The Kier molecular flexibility index (Phi) is 3.42. The fourth-order valence-corrected chi connectivity index (χ4v) is 4.95. The van der Waals surface area contributed by atoms with Gasteiger partial charge in [-0.1, -0.05) is 18.6 Å². The lowest BCUT2D eigenvalue weighted by atomic mass is 10.0. The third-order valence-electron chi connectivity index (χ3n) is 4.59. The molecular formula is C15H19NO3S. The van der Waals surface area contributed by atoms with Crippen molar-refractivity contribution in [1.29, 1.82) is 0 Å². The third-order valence-corrected chi connectivity index (χ3v) is 6.44. The first-order chi connectivity index (χ1) is 9.48. The van der Waals surface area contributed by atoms with E-state index in [1.807, 2.05) is 0 Å². The van der Waals surface area contributed by atoms with Crippen molar-refractivity contribution in [3.63, 3.8) is 0 Å². The summed E-state index contributed by atoms with van der Waals surface area (Å²) >= 11 is 0. The van der Waals surface area contributed by atoms with Gasteiger partial charge in [0.25, 0.3) is 0 Å². The molecule has 1 heterocycles. The summed E-state index contributed by atoms with van der Waals surface area (Å²) in [5.74, 6) is 1.03. The van der Waals surface area contributed by atoms with Gasteiger partial charge in [-0.05, 0) is 43.7 Å². The highest BCUT2D eigenvalue weighted by atomic mass is 32.2. The molecule has 1 saturated heterocycles. The second-order valence-corrected chi connectivity index (χ2v) is 7.79. The van der Waals surface area contributed by atoms with Crippen LogP contribution in [0.4, 0.5) is 0 Å². The van der Waals surface area contributed by atoms with E-state index in [-0.39, 0.29) is 5.78 Å². The van der Waals surface area contributed by atoms with E-state index in [0.29, 0.717) is 35.4 Å². The van der Waals surface area contributed by atoms with Gasteiger partial charge < -0.3 is 0 Å². The van der Waals surface area contributed by atoms with Gasteiger partial charge in [0.2, 0.25) is 10.0 Å². The van der Waals surface area contributed by atoms with Gasteiger partial charge in [0, 0.05) is 18.7 Å². The molecule has 1 saturated carbocycles. The molecule has 4 nitrogen and oxygen atoms in total. The highest BCUT2D eigenvalue weighted by Crippen LogP contribution is 2.39. The average molecular weight is 293 g/mol. The van der Waals surface area contributed by atoms with E-state index in [2.05, 4.69) is 0 Å². The van der Waals surface area contributed by atoms with Crippen LogP contribution in [0.5, 0.6) is 0 Å². The number of nitrogens with zero attached hydrogens (tertiary/aromatic N) is 1. The summed E-state index contributed by atoms with van der Waals surface area (Å²) in [5.41, 5.74) is 0.544. The van der Waals surface area contributed by atoms with Gasteiger partial charge in [-0.25, -0.2) is 8.42 Å². The lowest BCUT2D eigenvalue weighted by Crippen LogP contribution is -2.29. The summed E-state index contributed by atoms with van der Waals surface area (Å²) in [6.07, 6.45) is 3.54. The number of carbonyl (C=O) groups excluding carboxylic acids is 1. The number of benzene rings is 1. The van der Waals surface area contributed by atoms with Gasteiger partial charge in [0.1, 0.15) is 0 Å². The van der Waals surface area contributed by atoms with Crippen molar-refractivity contribution in [1.82, 2.24) is 4.31 Å². The van der Waals surface area contributed by atoms with Gasteiger partial charge in [0.05, 0.1) is 4.90 Å². The normalized spacial score (nSPS) is 26.6. The van der Waals surface area contributed by atoms with Crippen molar-refractivity contribution in [2.75, 3.05) is 13.1 Å². The number of rotatable bonds is 3. The summed E-state index contributed by atoms with van der Waals surface area (Å²) in [4.78, 5) is 11.5. The molecule has 0 spiro atoms. The molecule has 0 radical (unpaired) electrons. The predicted octanol–water partition coefficient (Wildman–Crippen LogP) is 2.31. The van der Waals surface area contributed by atoms with E-state index in [4.69, 9.17) is 0 Å². The molecular weight excluding hydrogens is 274 g/mol. The van der Waals surface area contributed by atoms with E-state index in [1.165, 1.54) is 13.3 Å². The SMILES string of the molecule is CC(=O)c1ccc(S(=O)(=O)N2CC3CCCC3C2)cc1. The van der Waals surface area contributed by atoms with E-state index >= 15 is 0 Å². The Hall–Kier alpha value is -1.20. The molecule has 0 amide bonds. The second-order valence-electron chi connectivity index (χ2n) is 5.85. The van der Waals surface area contributed by atoms with Crippen LogP contribution >= 0.6 is 0 Å². The predicted molar refractivity (Wildman–Crippen MR) is 76.0 cm³/mol. The Balaban J connectivity index is 1.83. The molecule has 3 rings (SSSR count). The molecule has 2 unspecified atom stereocenters. The molecule has 108 valence electrons.